The van der Waals surface area contributed by atoms with E-state index in [1.165, 1.54) is 30.2 Å². The van der Waals surface area contributed by atoms with E-state index in [0.29, 0.717) is 11.4 Å². The van der Waals surface area contributed by atoms with E-state index in [1.54, 1.807) is 30.3 Å². The van der Waals surface area contributed by atoms with E-state index in [9.17, 15) is 17.8 Å². The molecule has 8 nitrogen and oxygen atoms in total. The van der Waals surface area contributed by atoms with Crippen LogP contribution in [0, 0.1) is 0 Å². The summed E-state index contributed by atoms with van der Waals surface area (Å²) in [6.07, 6.45) is 0. The molecule has 2 aromatic rings. The number of para-hydroxylation sites is 2. The van der Waals surface area contributed by atoms with Crippen LogP contribution in [0.1, 0.15) is 0 Å². The van der Waals surface area contributed by atoms with Crippen LogP contribution in [0.3, 0.4) is 0 Å². The summed E-state index contributed by atoms with van der Waals surface area (Å²) in [6, 6.07) is 12.4. The summed E-state index contributed by atoms with van der Waals surface area (Å²) in [5.41, 5.74) is 0.411. The molecule has 0 bridgehead atoms. The largest absolute Gasteiger partial charge is 0.495 e. The number of anilines is 1. The normalized spacial score (nSPS) is 17.7. The summed E-state index contributed by atoms with van der Waals surface area (Å²) < 4.78 is 37.6. The molecule has 11 heteroatoms. The maximum atomic E-state index is 12.7. The van der Waals surface area contributed by atoms with E-state index in [-0.39, 0.29) is 10.0 Å². The fourth-order valence-electron chi connectivity index (χ4n) is 2.38. The Morgan fingerprint density at radius 3 is 2.56 bits per heavy atom. The summed E-state index contributed by atoms with van der Waals surface area (Å²) >= 11 is 6.28. The van der Waals surface area contributed by atoms with Gasteiger partial charge in [-0.1, -0.05) is 48.2 Å². The van der Waals surface area contributed by atoms with Crippen molar-refractivity contribution < 1.29 is 22.5 Å². The molecule has 3 rings (SSSR count). The van der Waals surface area contributed by atoms with E-state index in [2.05, 4.69) is 10.2 Å². The fourth-order valence-corrected chi connectivity index (χ4v) is 4.25. The number of ether oxygens (including phenoxy) is 1. The summed E-state index contributed by atoms with van der Waals surface area (Å²) in [6.45, 7) is 0. The number of benzene rings is 2. The summed E-state index contributed by atoms with van der Waals surface area (Å²) in [7, 11) is -2.98. The van der Waals surface area contributed by atoms with Gasteiger partial charge in [-0.25, -0.2) is 0 Å². The summed E-state index contributed by atoms with van der Waals surface area (Å²) in [5, 5.41) is 6.78. The third-order valence-electron chi connectivity index (χ3n) is 3.57. The number of carbonyl (C=O) groups is 1. The molecule has 2 aromatic carbocycles. The first-order valence-electron chi connectivity index (χ1n) is 7.48. The molecule has 1 aliphatic heterocycles. The molecule has 1 saturated heterocycles. The van der Waals surface area contributed by atoms with Gasteiger partial charge in [-0.3, -0.25) is 14.2 Å². The fraction of sp³-hybridized carbons (Fsp3) is 0.125. The Labute approximate surface area is 165 Å². The zero-order chi connectivity index (χ0) is 19.6. The number of thioether (sulfide) groups is 1. The monoisotopic (exact) mass is 423 g/mol. The van der Waals surface area contributed by atoms with Crippen molar-refractivity contribution >= 4 is 55.7 Å². The Kier molecular flexibility index (Phi) is 5.56. The molecule has 1 amide bonds. The average molecular weight is 423 g/mol. The molecule has 27 heavy (non-hydrogen) atoms. The molecule has 0 spiro atoms. The minimum absolute atomic E-state index is 0.0740. The second-order valence-electron chi connectivity index (χ2n) is 5.24. The van der Waals surface area contributed by atoms with Crippen molar-refractivity contribution in [2.24, 2.45) is 10.2 Å². The number of methoxy groups -OCH3 is 1. The van der Waals surface area contributed by atoms with Gasteiger partial charge in [0, 0.05) is 0 Å². The molecule has 140 valence electrons. The lowest BCUT2D eigenvalue weighted by Crippen LogP contribution is -2.30. The van der Waals surface area contributed by atoms with Gasteiger partial charge in [0.2, 0.25) is 5.37 Å². The van der Waals surface area contributed by atoms with E-state index < -0.39 is 26.3 Å². The molecule has 1 N–H and O–H groups in total. The van der Waals surface area contributed by atoms with Gasteiger partial charge in [0.1, 0.15) is 16.3 Å². The van der Waals surface area contributed by atoms with Gasteiger partial charge >= 0.3 is 0 Å². The van der Waals surface area contributed by atoms with Gasteiger partial charge in [0.25, 0.3) is 16.0 Å². The van der Waals surface area contributed by atoms with Crippen LogP contribution in [0.15, 0.2) is 63.7 Å². The van der Waals surface area contributed by atoms with Crippen molar-refractivity contribution in [3.63, 3.8) is 0 Å². The number of hydrogen-bond donors (Lipinski definition) is 1. The van der Waals surface area contributed by atoms with Crippen molar-refractivity contribution in [2.75, 3.05) is 12.0 Å². The highest BCUT2D eigenvalue weighted by Crippen LogP contribution is 2.38. The Hall–Kier alpha value is -2.34. The molecular weight excluding hydrogens is 410 g/mol. The Balaban J connectivity index is 1.90. The van der Waals surface area contributed by atoms with Crippen LogP contribution in [-0.2, 0) is 14.9 Å². The van der Waals surface area contributed by atoms with Gasteiger partial charge < -0.3 is 4.74 Å². The quantitative estimate of drug-likeness (QED) is 0.446. The number of carbonyl (C=O) groups excluding carboxylic acids is 1. The zero-order valence-electron chi connectivity index (χ0n) is 13.8. The molecule has 1 heterocycles. The minimum Gasteiger partial charge on any atom is -0.495 e. The SMILES string of the molecule is COc1ccccc1N1C(=O)C(N=Nc2ccccc2S(=O)(=O)O)SC1=S. The number of azo groups is 1. The smallest absolute Gasteiger partial charge is 0.296 e. The summed E-state index contributed by atoms with van der Waals surface area (Å²) in [5.74, 6) is 0.0469. The van der Waals surface area contributed by atoms with Gasteiger partial charge in [0.15, 0.2) is 4.32 Å². The molecule has 1 atom stereocenters. The highest BCUT2D eigenvalue weighted by Gasteiger charge is 2.39. The molecule has 0 radical (unpaired) electrons. The van der Waals surface area contributed by atoms with E-state index >= 15 is 0 Å². The maximum Gasteiger partial charge on any atom is 0.296 e. The molecule has 0 aliphatic carbocycles. The first kappa shape index (κ1) is 19.4. The van der Waals surface area contributed by atoms with Crippen LogP contribution in [0.5, 0.6) is 5.75 Å². The second kappa shape index (κ2) is 7.72. The highest BCUT2D eigenvalue weighted by molar-refractivity contribution is 8.25. The van der Waals surface area contributed by atoms with Crippen LogP contribution >= 0.6 is 24.0 Å². The number of hydrogen-bond acceptors (Lipinski definition) is 8. The minimum atomic E-state index is -4.46. The van der Waals surface area contributed by atoms with Crippen LogP contribution in [0.4, 0.5) is 11.4 Å². The highest BCUT2D eigenvalue weighted by atomic mass is 32.2. The van der Waals surface area contributed by atoms with Gasteiger partial charge in [0.05, 0.1) is 12.8 Å². The van der Waals surface area contributed by atoms with E-state index in [4.69, 9.17) is 17.0 Å². The van der Waals surface area contributed by atoms with Gasteiger partial charge in [-0.05, 0) is 24.3 Å². The lowest BCUT2D eigenvalue weighted by atomic mass is 10.2. The third kappa shape index (κ3) is 4.00. The molecule has 0 saturated carbocycles. The number of nitrogens with zero attached hydrogens (tertiary/aromatic N) is 3. The van der Waals surface area contributed by atoms with Gasteiger partial charge in [-0.2, -0.15) is 18.6 Å². The van der Waals surface area contributed by atoms with Crippen molar-refractivity contribution in [1.82, 2.24) is 0 Å². The van der Waals surface area contributed by atoms with Crippen molar-refractivity contribution in [1.29, 1.82) is 0 Å². The Morgan fingerprint density at radius 2 is 1.85 bits per heavy atom. The first-order chi connectivity index (χ1) is 12.8. The lowest BCUT2D eigenvalue weighted by Gasteiger charge is -2.17. The van der Waals surface area contributed by atoms with Crippen molar-refractivity contribution in [3.8, 4) is 5.75 Å². The molecular formula is C16H13N3O5S3. The van der Waals surface area contributed by atoms with E-state index in [1.807, 2.05) is 0 Å². The standard InChI is InChI=1S/C16H13N3O5S3/c1-24-12-8-4-3-7-11(12)19-15(20)14(26-16(19)25)18-17-10-6-2-5-9-13(10)27(21,22)23/h2-9,14H,1H3,(H,21,22,23). The number of thiocarbonyl (C=S) groups is 1. The zero-order valence-corrected chi connectivity index (χ0v) is 16.3. The topological polar surface area (TPSA) is 109 Å². The number of rotatable bonds is 5. The second-order valence-corrected chi connectivity index (χ2v) is 8.34. The molecule has 1 unspecified atom stereocenters. The average Bonchev–Trinajstić information content (AvgIpc) is 2.93. The predicted molar refractivity (Wildman–Crippen MR) is 105 cm³/mol. The van der Waals surface area contributed by atoms with Crippen LogP contribution in [-0.4, -0.2) is 35.7 Å². The molecule has 0 aromatic heterocycles. The van der Waals surface area contributed by atoms with Crippen molar-refractivity contribution in [2.45, 2.75) is 10.3 Å². The van der Waals surface area contributed by atoms with Crippen LogP contribution in [0.25, 0.3) is 0 Å². The Bertz CT molecular complexity index is 1040. The summed E-state index contributed by atoms with van der Waals surface area (Å²) in [4.78, 5) is 13.6. The van der Waals surface area contributed by atoms with Gasteiger partial charge in [-0.15, -0.1) is 0 Å². The lowest BCUT2D eigenvalue weighted by molar-refractivity contribution is -0.116. The third-order valence-corrected chi connectivity index (χ3v) is 5.84. The maximum absolute atomic E-state index is 12.7. The predicted octanol–water partition coefficient (Wildman–Crippen LogP) is 3.42. The molecule has 1 aliphatic rings. The van der Waals surface area contributed by atoms with Crippen molar-refractivity contribution in [3.05, 3.63) is 48.5 Å². The Morgan fingerprint density at radius 1 is 1.19 bits per heavy atom. The first-order valence-corrected chi connectivity index (χ1v) is 10.2. The van der Waals surface area contributed by atoms with E-state index in [0.717, 1.165) is 11.8 Å². The molecule has 1 fully saturated rings. The number of amides is 1. The van der Waals surface area contributed by atoms with Crippen LogP contribution < -0.4 is 9.64 Å². The van der Waals surface area contributed by atoms with Crippen LogP contribution in [0.2, 0.25) is 0 Å².